The van der Waals surface area contributed by atoms with Crippen molar-refractivity contribution in [3.05, 3.63) is 27.4 Å². The van der Waals surface area contributed by atoms with Crippen molar-refractivity contribution in [2.24, 2.45) is 0 Å². The highest BCUT2D eigenvalue weighted by Crippen LogP contribution is 2.29. The molecule has 0 radical (unpaired) electrons. The second kappa shape index (κ2) is 4.10. The van der Waals surface area contributed by atoms with E-state index in [2.05, 4.69) is 15.9 Å². The minimum absolute atomic E-state index is 0.186. The summed E-state index contributed by atoms with van der Waals surface area (Å²) in [6, 6.07) is 2.73. The van der Waals surface area contributed by atoms with E-state index < -0.39 is 5.82 Å². The number of hydrogen-bond acceptors (Lipinski definition) is 1. The summed E-state index contributed by atoms with van der Waals surface area (Å²) in [5.74, 6) is -0.223. The van der Waals surface area contributed by atoms with E-state index in [1.807, 2.05) is 0 Å². The predicted octanol–water partition coefficient (Wildman–Crippen LogP) is 3.64. The van der Waals surface area contributed by atoms with Crippen LogP contribution in [0.1, 0.15) is 6.92 Å². The predicted molar refractivity (Wildman–Crippen MR) is 50.3 cm³/mol. The van der Waals surface area contributed by atoms with Crippen LogP contribution in [0, 0.1) is 5.82 Å². The van der Waals surface area contributed by atoms with Crippen molar-refractivity contribution in [1.82, 2.24) is 0 Å². The molecule has 0 spiro atoms. The Balaban J connectivity index is 3.05. The molecule has 4 heteroatoms. The molecule has 1 nitrogen and oxygen atoms in total. The molecule has 0 bridgehead atoms. The Bertz CT molecular complexity index is 291. The van der Waals surface area contributed by atoms with Crippen LogP contribution < -0.4 is 4.74 Å². The summed E-state index contributed by atoms with van der Waals surface area (Å²) in [7, 11) is 0. The van der Waals surface area contributed by atoms with E-state index >= 15 is 0 Å². The first kappa shape index (κ1) is 9.81. The van der Waals surface area contributed by atoms with Crippen molar-refractivity contribution >= 4 is 27.5 Å². The van der Waals surface area contributed by atoms with Crippen LogP contribution >= 0.6 is 27.5 Å². The molecule has 1 aromatic rings. The van der Waals surface area contributed by atoms with E-state index in [0.717, 1.165) is 0 Å². The lowest BCUT2D eigenvalue weighted by molar-refractivity contribution is 0.321. The maximum absolute atomic E-state index is 13.0. The molecule has 0 unspecified atom stereocenters. The lowest BCUT2D eigenvalue weighted by Gasteiger charge is -2.05. The van der Waals surface area contributed by atoms with Gasteiger partial charge >= 0.3 is 0 Å². The molecule has 0 amide bonds. The van der Waals surface area contributed by atoms with E-state index in [1.54, 1.807) is 6.92 Å². The zero-order valence-electron chi connectivity index (χ0n) is 6.40. The van der Waals surface area contributed by atoms with Gasteiger partial charge in [0.1, 0.15) is 0 Å². The molecule has 66 valence electrons. The summed E-state index contributed by atoms with van der Waals surface area (Å²) in [5.41, 5.74) is 0. The third-order valence-corrected chi connectivity index (χ3v) is 2.47. The minimum atomic E-state index is -0.409. The van der Waals surface area contributed by atoms with E-state index in [4.69, 9.17) is 16.3 Å². The molecule has 0 fully saturated rings. The Morgan fingerprint density at radius 1 is 1.58 bits per heavy atom. The Hall–Kier alpha value is -0.280. The normalized spacial score (nSPS) is 10.0. The first-order chi connectivity index (χ1) is 5.65. The molecule has 0 atom stereocenters. The summed E-state index contributed by atoms with van der Waals surface area (Å²) < 4.78 is 18.5. The van der Waals surface area contributed by atoms with Crippen molar-refractivity contribution in [2.75, 3.05) is 6.61 Å². The van der Waals surface area contributed by atoms with Gasteiger partial charge in [-0.25, -0.2) is 4.39 Å². The summed E-state index contributed by atoms with van der Waals surface area (Å²) in [4.78, 5) is 0. The molecule has 12 heavy (non-hydrogen) atoms. The maximum Gasteiger partial charge on any atom is 0.166 e. The molecule has 1 rings (SSSR count). The van der Waals surface area contributed by atoms with Crippen LogP contribution in [0.15, 0.2) is 16.6 Å². The molecule has 1 aromatic carbocycles. The molecule has 0 heterocycles. The van der Waals surface area contributed by atoms with Crippen LogP contribution in [0.25, 0.3) is 0 Å². The lowest BCUT2D eigenvalue weighted by atomic mass is 10.3. The number of hydrogen-bond donors (Lipinski definition) is 0. The average Bonchev–Trinajstić information content (AvgIpc) is 2.01. The van der Waals surface area contributed by atoms with Crippen molar-refractivity contribution in [2.45, 2.75) is 6.92 Å². The monoisotopic (exact) mass is 252 g/mol. The molecule has 0 aromatic heterocycles. The largest absolute Gasteiger partial charge is 0.491 e. The van der Waals surface area contributed by atoms with Crippen molar-refractivity contribution in [3.8, 4) is 5.75 Å². The van der Waals surface area contributed by atoms with Gasteiger partial charge in [-0.05, 0) is 28.9 Å². The van der Waals surface area contributed by atoms with Gasteiger partial charge in [0.2, 0.25) is 0 Å². The summed E-state index contributed by atoms with van der Waals surface area (Å²) in [5, 5.41) is 0.444. The number of benzene rings is 1. The molecule has 0 aliphatic rings. The Labute approximate surface area is 83.6 Å². The molecular formula is C8H7BrClFO. The molecule has 0 saturated heterocycles. The van der Waals surface area contributed by atoms with Crippen LogP contribution in [0.4, 0.5) is 4.39 Å². The van der Waals surface area contributed by atoms with Gasteiger partial charge in [-0.3, -0.25) is 0 Å². The summed E-state index contributed by atoms with van der Waals surface area (Å²) >= 11 is 8.83. The van der Waals surface area contributed by atoms with Gasteiger partial charge in [-0.15, -0.1) is 0 Å². The molecule has 0 N–H and O–H groups in total. The fraction of sp³-hybridized carbons (Fsp3) is 0.250. The van der Waals surface area contributed by atoms with Crippen LogP contribution in [0.5, 0.6) is 5.75 Å². The second-order valence-electron chi connectivity index (χ2n) is 2.13. The van der Waals surface area contributed by atoms with E-state index in [-0.39, 0.29) is 5.75 Å². The van der Waals surface area contributed by atoms with Crippen molar-refractivity contribution in [3.63, 3.8) is 0 Å². The maximum atomic E-state index is 13.0. The Kier molecular flexibility index (Phi) is 3.35. The van der Waals surface area contributed by atoms with Crippen molar-refractivity contribution in [1.29, 1.82) is 0 Å². The number of halogens is 3. The third kappa shape index (κ3) is 2.11. The highest BCUT2D eigenvalue weighted by molar-refractivity contribution is 9.10. The molecule has 0 aliphatic heterocycles. The van der Waals surface area contributed by atoms with E-state index in [1.165, 1.54) is 12.1 Å². The van der Waals surface area contributed by atoms with Gasteiger partial charge in [0.15, 0.2) is 11.6 Å². The second-order valence-corrected chi connectivity index (χ2v) is 3.39. The SMILES string of the molecule is CCOc1cc(Cl)c(Br)cc1F. The topological polar surface area (TPSA) is 9.23 Å². The van der Waals surface area contributed by atoms with Gasteiger partial charge in [-0.2, -0.15) is 0 Å². The van der Waals surface area contributed by atoms with Crippen LogP contribution in [-0.4, -0.2) is 6.61 Å². The quantitative estimate of drug-likeness (QED) is 0.731. The number of rotatable bonds is 2. The van der Waals surface area contributed by atoms with Gasteiger partial charge in [0.25, 0.3) is 0 Å². The van der Waals surface area contributed by atoms with Crippen LogP contribution in [0.3, 0.4) is 0 Å². The summed E-state index contributed by atoms with van der Waals surface area (Å²) in [6.45, 7) is 2.21. The van der Waals surface area contributed by atoms with Gasteiger partial charge in [-0.1, -0.05) is 11.6 Å². The first-order valence-corrected chi connectivity index (χ1v) is 4.59. The smallest absolute Gasteiger partial charge is 0.166 e. The molecule has 0 aliphatic carbocycles. The highest BCUT2D eigenvalue weighted by atomic mass is 79.9. The Morgan fingerprint density at radius 2 is 2.25 bits per heavy atom. The zero-order chi connectivity index (χ0) is 9.14. The fourth-order valence-corrected chi connectivity index (χ4v) is 1.24. The van der Waals surface area contributed by atoms with Gasteiger partial charge in [0, 0.05) is 10.5 Å². The van der Waals surface area contributed by atoms with E-state index in [0.29, 0.717) is 16.1 Å². The van der Waals surface area contributed by atoms with Gasteiger partial charge < -0.3 is 4.74 Å². The highest BCUT2D eigenvalue weighted by Gasteiger charge is 2.06. The van der Waals surface area contributed by atoms with Crippen LogP contribution in [0.2, 0.25) is 5.02 Å². The third-order valence-electron chi connectivity index (χ3n) is 1.27. The van der Waals surface area contributed by atoms with Crippen LogP contribution in [-0.2, 0) is 0 Å². The number of ether oxygens (including phenoxy) is 1. The van der Waals surface area contributed by atoms with Gasteiger partial charge in [0.05, 0.1) is 11.6 Å². The fourth-order valence-electron chi connectivity index (χ4n) is 0.770. The lowest BCUT2D eigenvalue weighted by Crippen LogP contribution is -1.94. The zero-order valence-corrected chi connectivity index (χ0v) is 8.75. The molecular weight excluding hydrogens is 246 g/mol. The average molecular weight is 253 g/mol. The van der Waals surface area contributed by atoms with Crippen molar-refractivity contribution < 1.29 is 9.13 Å². The van der Waals surface area contributed by atoms with E-state index in [9.17, 15) is 4.39 Å². The summed E-state index contributed by atoms with van der Waals surface area (Å²) in [6.07, 6.45) is 0. The Morgan fingerprint density at radius 3 is 2.83 bits per heavy atom. The first-order valence-electron chi connectivity index (χ1n) is 3.42. The minimum Gasteiger partial charge on any atom is -0.491 e. The standard InChI is InChI=1S/C8H7BrClFO/c1-2-12-8-4-6(10)5(9)3-7(8)11/h3-4H,2H2,1H3. The molecule has 0 saturated carbocycles.